The predicted molar refractivity (Wildman–Crippen MR) is 106 cm³/mol. The Morgan fingerprint density at radius 1 is 1.14 bits per heavy atom. The number of aryl methyl sites for hydroxylation is 1. The van der Waals surface area contributed by atoms with E-state index in [1.54, 1.807) is 38.1 Å². The van der Waals surface area contributed by atoms with Gasteiger partial charge in [-0.2, -0.15) is 5.26 Å². The van der Waals surface area contributed by atoms with Crippen LogP contribution in [0.15, 0.2) is 48.5 Å². The van der Waals surface area contributed by atoms with E-state index in [1.165, 1.54) is 0 Å². The Morgan fingerprint density at radius 3 is 2.52 bits per heavy atom. The molecule has 0 radical (unpaired) electrons. The summed E-state index contributed by atoms with van der Waals surface area (Å²) < 4.78 is 0. The smallest absolute Gasteiger partial charge is 0.325 e. The van der Waals surface area contributed by atoms with Crippen LogP contribution < -0.4 is 5.32 Å². The first kappa shape index (κ1) is 18.4. The van der Waals surface area contributed by atoms with Gasteiger partial charge >= 0.3 is 6.03 Å². The monoisotopic (exact) mass is 386 g/mol. The van der Waals surface area contributed by atoms with E-state index in [0.717, 1.165) is 15.8 Å². The van der Waals surface area contributed by atoms with E-state index >= 15 is 0 Å². The largest absolute Gasteiger partial charge is 0.358 e. The van der Waals surface area contributed by atoms with Gasteiger partial charge in [0.2, 0.25) is 0 Å². The summed E-state index contributed by atoms with van der Waals surface area (Å²) in [5.74, 6) is -0.814. The molecular formula is C22H18N4O3. The summed E-state index contributed by atoms with van der Waals surface area (Å²) in [6.45, 7) is 3.04. The molecule has 0 aliphatic carbocycles. The molecule has 0 bridgehead atoms. The van der Waals surface area contributed by atoms with Gasteiger partial charge in [-0.3, -0.25) is 14.5 Å². The molecule has 2 aromatic carbocycles. The fraction of sp³-hybridized carbons (Fsp3) is 0.182. The van der Waals surface area contributed by atoms with Gasteiger partial charge in [0.15, 0.2) is 5.78 Å². The molecule has 1 aliphatic heterocycles. The number of Topliss-reactive ketones (excluding diaryl/α,β-unsaturated/α-hetero) is 1. The number of aromatic nitrogens is 1. The number of carbonyl (C=O) groups is 3. The van der Waals surface area contributed by atoms with Crippen molar-refractivity contribution in [3.05, 3.63) is 70.9 Å². The highest BCUT2D eigenvalue weighted by Gasteiger charge is 2.49. The fourth-order valence-corrected chi connectivity index (χ4v) is 3.77. The Bertz CT molecular complexity index is 1200. The van der Waals surface area contributed by atoms with Crippen molar-refractivity contribution in [2.24, 2.45) is 0 Å². The third-order valence-corrected chi connectivity index (χ3v) is 5.34. The Balaban J connectivity index is 1.63. The first-order chi connectivity index (χ1) is 13.8. The Hall–Kier alpha value is -3.92. The lowest BCUT2D eigenvalue weighted by Gasteiger charge is -2.22. The van der Waals surface area contributed by atoms with E-state index in [1.807, 2.05) is 30.3 Å². The van der Waals surface area contributed by atoms with Crippen LogP contribution in [-0.4, -0.2) is 34.2 Å². The van der Waals surface area contributed by atoms with Gasteiger partial charge in [0.25, 0.3) is 5.91 Å². The lowest BCUT2D eigenvalue weighted by Crippen LogP contribution is -2.41. The zero-order valence-corrected chi connectivity index (χ0v) is 15.9. The van der Waals surface area contributed by atoms with Crippen LogP contribution in [0.3, 0.4) is 0 Å². The third-order valence-electron chi connectivity index (χ3n) is 5.34. The Morgan fingerprint density at radius 2 is 1.83 bits per heavy atom. The van der Waals surface area contributed by atoms with Crippen LogP contribution in [0.25, 0.3) is 10.9 Å². The van der Waals surface area contributed by atoms with Gasteiger partial charge in [-0.15, -0.1) is 0 Å². The van der Waals surface area contributed by atoms with Crippen molar-refractivity contribution in [1.82, 2.24) is 15.2 Å². The fourth-order valence-electron chi connectivity index (χ4n) is 3.77. The number of hydrogen-bond acceptors (Lipinski definition) is 4. The molecule has 0 spiro atoms. The number of benzene rings is 2. The van der Waals surface area contributed by atoms with E-state index in [0.29, 0.717) is 22.4 Å². The second kappa shape index (κ2) is 6.60. The molecule has 1 aromatic heterocycles. The molecule has 0 saturated carbocycles. The summed E-state index contributed by atoms with van der Waals surface area (Å²) >= 11 is 0. The number of nitriles is 1. The molecule has 4 rings (SSSR count). The number of fused-ring (bicyclic) bond motifs is 1. The van der Waals surface area contributed by atoms with Crippen LogP contribution in [0.5, 0.6) is 0 Å². The summed E-state index contributed by atoms with van der Waals surface area (Å²) in [7, 11) is 0. The summed E-state index contributed by atoms with van der Waals surface area (Å²) in [5.41, 5.74) is 1.71. The quantitative estimate of drug-likeness (QED) is 0.531. The summed E-state index contributed by atoms with van der Waals surface area (Å²) in [5, 5.41) is 12.4. The number of amides is 3. The number of nitrogens with one attached hydrogen (secondary N) is 2. The van der Waals surface area contributed by atoms with Gasteiger partial charge < -0.3 is 10.3 Å². The number of urea groups is 1. The normalized spacial score (nSPS) is 18.7. The highest BCUT2D eigenvalue weighted by Crippen LogP contribution is 2.30. The molecule has 144 valence electrons. The maximum atomic E-state index is 13.1. The maximum Gasteiger partial charge on any atom is 0.325 e. The summed E-state index contributed by atoms with van der Waals surface area (Å²) in [4.78, 5) is 42.7. The standard InChI is InChI=1S/C22H18N4O3/c1-13-19(16-5-3-4-6-17(16)24-13)18(27)12-26-20(28)22(2,25-21(26)29)15-9-7-14(11-23)8-10-15/h3-10,24H,12H2,1-2H3,(H,25,29). The van der Waals surface area contributed by atoms with Crippen LogP contribution in [0, 0.1) is 18.3 Å². The van der Waals surface area contributed by atoms with Gasteiger partial charge in [0.1, 0.15) is 5.54 Å². The number of imide groups is 1. The predicted octanol–water partition coefficient (Wildman–Crippen LogP) is 3.00. The molecule has 7 heteroatoms. The van der Waals surface area contributed by atoms with Crippen molar-refractivity contribution < 1.29 is 14.4 Å². The molecule has 1 atom stereocenters. The zero-order chi connectivity index (χ0) is 20.8. The van der Waals surface area contributed by atoms with E-state index in [-0.39, 0.29) is 12.3 Å². The van der Waals surface area contributed by atoms with Gasteiger partial charge in [0, 0.05) is 22.2 Å². The van der Waals surface area contributed by atoms with E-state index in [4.69, 9.17) is 5.26 Å². The second-order valence-electron chi connectivity index (χ2n) is 7.23. The first-order valence-corrected chi connectivity index (χ1v) is 9.10. The SMILES string of the molecule is Cc1[nH]c2ccccc2c1C(=O)CN1C(=O)NC(C)(c2ccc(C#N)cc2)C1=O. The molecule has 1 saturated heterocycles. The molecule has 2 heterocycles. The maximum absolute atomic E-state index is 13.1. The number of aromatic amines is 1. The molecule has 7 nitrogen and oxygen atoms in total. The molecule has 2 N–H and O–H groups in total. The van der Waals surface area contributed by atoms with Crippen molar-refractivity contribution in [2.45, 2.75) is 19.4 Å². The molecule has 3 amide bonds. The number of H-pyrrole nitrogens is 1. The van der Waals surface area contributed by atoms with Crippen molar-refractivity contribution in [3.63, 3.8) is 0 Å². The second-order valence-corrected chi connectivity index (χ2v) is 7.23. The highest BCUT2D eigenvalue weighted by molar-refractivity contribution is 6.15. The van der Waals surface area contributed by atoms with Crippen LogP contribution in [-0.2, 0) is 10.3 Å². The number of para-hydroxylation sites is 1. The summed E-state index contributed by atoms with van der Waals surface area (Å²) in [6.07, 6.45) is 0. The molecule has 3 aromatic rings. The third kappa shape index (κ3) is 2.86. The topological polar surface area (TPSA) is 106 Å². The van der Waals surface area contributed by atoms with Gasteiger partial charge in [-0.25, -0.2) is 4.79 Å². The van der Waals surface area contributed by atoms with Crippen LogP contribution in [0.2, 0.25) is 0 Å². The van der Waals surface area contributed by atoms with Crippen LogP contribution in [0.4, 0.5) is 4.79 Å². The Kier molecular flexibility index (Phi) is 4.20. The summed E-state index contributed by atoms with van der Waals surface area (Å²) in [6, 6.07) is 15.2. The molecule has 1 fully saturated rings. The Labute approximate surface area is 166 Å². The van der Waals surface area contributed by atoms with Gasteiger partial charge in [0.05, 0.1) is 18.2 Å². The van der Waals surface area contributed by atoms with Crippen molar-refractivity contribution in [2.75, 3.05) is 6.54 Å². The number of hydrogen-bond donors (Lipinski definition) is 2. The number of carbonyl (C=O) groups excluding carboxylic acids is 3. The number of ketones is 1. The van der Waals surface area contributed by atoms with E-state index in [9.17, 15) is 14.4 Å². The minimum absolute atomic E-state index is 0.312. The van der Waals surface area contributed by atoms with E-state index in [2.05, 4.69) is 10.3 Å². The average Bonchev–Trinajstić information content (AvgIpc) is 3.16. The van der Waals surface area contributed by atoms with Crippen molar-refractivity contribution in [3.8, 4) is 6.07 Å². The highest BCUT2D eigenvalue weighted by atomic mass is 16.2. The lowest BCUT2D eigenvalue weighted by atomic mass is 9.91. The first-order valence-electron chi connectivity index (χ1n) is 9.10. The molecule has 1 unspecified atom stereocenters. The van der Waals surface area contributed by atoms with E-state index < -0.39 is 17.5 Å². The van der Waals surface area contributed by atoms with Crippen molar-refractivity contribution in [1.29, 1.82) is 5.26 Å². The van der Waals surface area contributed by atoms with Crippen LogP contribution in [0.1, 0.15) is 34.1 Å². The van der Waals surface area contributed by atoms with Gasteiger partial charge in [-0.1, -0.05) is 30.3 Å². The number of rotatable bonds is 4. The number of nitrogens with zero attached hydrogens (tertiary/aromatic N) is 2. The van der Waals surface area contributed by atoms with Crippen LogP contribution >= 0.6 is 0 Å². The minimum Gasteiger partial charge on any atom is -0.358 e. The van der Waals surface area contributed by atoms with Gasteiger partial charge in [-0.05, 0) is 37.6 Å². The lowest BCUT2D eigenvalue weighted by molar-refractivity contribution is -0.130. The minimum atomic E-state index is -1.29. The zero-order valence-electron chi connectivity index (χ0n) is 15.9. The average molecular weight is 386 g/mol. The molecule has 1 aliphatic rings. The van der Waals surface area contributed by atoms with Crippen molar-refractivity contribution >= 4 is 28.6 Å². The molecule has 29 heavy (non-hydrogen) atoms. The molecular weight excluding hydrogens is 368 g/mol.